The van der Waals surface area contributed by atoms with Crippen molar-refractivity contribution < 1.29 is 31.8 Å². The first kappa shape index (κ1) is 23.1. The highest BCUT2D eigenvalue weighted by Gasteiger charge is 2.35. The zero-order chi connectivity index (χ0) is 24.5. The van der Waals surface area contributed by atoms with Gasteiger partial charge in [0.15, 0.2) is 0 Å². The average Bonchev–Trinajstić information content (AvgIpc) is 3.37. The van der Waals surface area contributed by atoms with Crippen molar-refractivity contribution in [2.45, 2.75) is 25.1 Å². The summed E-state index contributed by atoms with van der Waals surface area (Å²) in [6.45, 7) is -0.847. The van der Waals surface area contributed by atoms with Crippen molar-refractivity contribution in [3.05, 3.63) is 89.1 Å². The van der Waals surface area contributed by atoms with Crippen LogP contribution in [-0.4, -0.2) is 40.6 Å². The van der Waals surface area contributed by atoms with Gasteiger partial charge in [-0.25, -0.2) is 23.2 Å². The summed E-state index contributed by atoms with van der Waals surface area (Å²) in [5, 5.41) is 19.1. The molecule has 0 bridgehead atoms. The number of benzene rings is 2. The predicted molar refractivity (Wildman–Crippen MR) is 105 cm³/mol. The van der Waals surface area contributed by atoms with Crippen LogP contribution in [0.4, 0.5) is 22.0 Å². The van der Waals surface area contributed by atoms with Crippen LogP contribution in [0.15, 0.2) is 66.2 Å². The molecule has 2 aromatic heterocycles. The molecule has 0 unspecified atom stereocenters. The third kappa shape index (κ3) is 4.96. The second-order valence-corrected chi connectivity index (χ2v) is 7.24. The summed E-state index contributed by atoms with van der Waals surface area (Å²) in [7, 11) is 0. The minimum absolute atomic E-state index is 0.117. The van der Waals surface area contributed by atoms with Gasteiger partial charge < -0.3 is 9.84 Å². The minimum Gasteiger partial charge on any atom is -0.406 e. The molecule has 0 amide bonds. The topological polar surface area (TPSA) is 100.0 Å². The Hall–Kier alpha value is -4.07. The summed E-state index contributed by atoms with van der Waals surface area (Å²) in [6.07, 6.45) is -1.35. The van der Waals surface area contributed by atoms with Crippen molar-refractivity contribution in [1.29, 1.82) is 0 Å². The Bertz CT molecular complexity index is 1330. The van der Waals surface area contributed by atoms with Crippen LogP contribution in [0.3, 0.4) is 0 Å². The molecule has 0 aliphatic carbocycles. The Morgan fingerprint density at radius 2 is 1.71 bits per heavy atom. The van der Waals surface area contributed by atoms with Gasteiger partial charge in [0.2, 0.25) is 0 Å². The van der Waals surface area contributed by atoms with Gasteiger partial charge in [-0.2, -0.15) is 14.9 Å². The first-order chi connectivity index (χ1) is 16.0. The molecule has 1 N–H and O–H groups in total. The molecule has 0 spiro atoms. The smallest absolute Gasteiger partial charge is 0.406 e. The van der Waals surface area contributed by atoms with E-state index < -0.39 is 41.6 Å². The van der Waals surface area contributed by atoms with E-state index >= 15 is 0 Å². The SMILES string of the molecule is O=c1n(C[C@](O)(Cn2cncn2)c2ccc(F)cc2F)cnn1-c1ccc(OC(F)(F)F)cc1. The zero-order valence-electron chi connectivity index (χ0n) is 17.0. The van der Waals surface area contributed by atoms with Gasteiger partial charge >= 0.3 is 12.1 Å². The molecular formula is C20H15F5N6O3. The van der Waals surface area contributed by atoms with Gasteiger partial charge in [0.1, 0.15) is 42.0 Å². The normalized spacial score (nSPS) is 13.6. The van der Waals surface area contributed by atoms with Gasteiger partial charge in [0.25, 0.3) is 0 Å². The molecule has 9 nitrogen and oxygen atoms in total. The Kier molecular flexibility index (Phi) is 5.91. The number of rotatable bonds is 7. The van der Waals surface area contributed by atoms with Crippen LogP contribution in [0.1, 0.15) is 5.56 Å². The van der Waals surface area contributed by atoms with E-state index in [1.165, 1.54) is 29.5 Å². The Morgan fingerprint density at radius 1 is 0.971 bits per heavy atom. The van der Waals surface area contributed by atoms with Gasteiger partial charge in [0, 0.05) is 11.6 Å². The summed E-state index contributed by atoms with van der Waals surface area (Å²) < 4.78 is 71.8. The number of aliphatic hydroxyl groups is 1. The number of alkyl halides is 3. The van der Waals surface area contributed by atoms with Crippen LogP contribution >= 0.6 is 0 Å². The number of hydrogen-bond donors (Lipinski definition) is 1. The highest BCUT2D eigenvalue weighted by molar-refractivity contribution is 5.36. The molecule has 4 rings (SSSR count). The van der Waals surface area contributed by atoms with Crippen molar-refractivity contribution in [2.75, 3.05) is 0 Å². The van der Waals surface area contributed by atoms with Crippen LogP contribution in [0.5, 0.6) is 5.75 Å². The fraction of sp³-hybridized carbons (Fsp3) is 0.200. The second-order valence-electron chi connectivity index (χ2n) is 7.24. The molecule has 0 aliphatic heterocycles. The van der Waals surface area contributed by atoms with Crippen LogP contribution in [-0.2, 0) is 18.7 Å². The van der Waals surface area contributed by atoms with Crippen molar-refractivity contribution in [2.24, 2.45) is 0 Å². The summed E-state index contributed by atoms with van der Waals surface area (Å²) in [4.78, 5) is 16.6. The van der Waals surface area contributed by atoms with Gasteiger partial charge in [-0.3, -0.25) is 4.57 Å². The first-order valence-corrected chi connectivity index (χ1v) is 9.55. The number of nitrogens with zero attached hydrogens (tertiary/aromatic N) is 6. The lowest BCUT2D eigenvalue weighted by Gasteiger charge is -2.28. The molecule has 0 radical (unpaired) electrons. The van der Waals surface area contributed by atoms with Gasteiger partial charge in [-0.05, 0) is 30.3 Å². The van der Waals surface area contributed by atoms with Crippen molar-refractivity contribution in [3.63, 3.8) is 0 Å². The predicted octanol–water partition coefficient (Wildman–Crippen LogP) is 2.39. The van der Waals surface area contributed by atoms with Crippen LogP contribution in [0.25, 0.3) is 5.69 Å². The number of aromatic nitrogens is 6. The third-order valence-corrected chi connectivity index (χ3v) is 4.80. The summed E-state index contributed by atoms with van der Waals surface area (Å²) in [6, 6.07) is 6.98. The van der Waals surface area contributed by atoms with Gasteiger partial charge in [-0.1, -0.05) is 6.07 Å². The number of halogens is 5. The van der Waals surface area contributed by atoms with E-state index in [9.17, 15) is 31.9 Å². The molecular weight excluding hydrogens is 467 g/mol. The molecule has 34 heavy (non-hydrogen) atoms. The van der Waals surface area contributed by atoms with E-state index in [1.807, 2.05) is 0 Å². The maximum atomic E-state index is 14.6. The largest absolute Gasteiger partial charge is 0.573 e. The fourth-order valence-electron chi connectivity index (χ4n) is 3.36. The summed E-state index contributed by atoms with van der Waals surface area (Å²) >= 11 is 0. The number of ether oxygens (including phenoxy) is 1. The van der Waals surface area contributed by atoms with Crippen LogP contribution < -0.4 is 10.4 Å². The lowest BCUT2D eigenvalue weighted by atomic mass is 9.92. The van der Waals surface area contributed by atoms with Crippen molar-refractivity contribution >= 4 is 0 Å². The molecule has 1 atom stereocenters. The zero-order valence-corrected chi connectivity index (χ0v) is 17.0. The Balaban J connectivity index is 1.66. The van der Waals surface area contributed by atoms with Gasteiger partial charge in [-0.15, -0.1) is 13.2 Å². The molecule has 14 heteroatoms. The van der Waals surface area contributed by atoms with Gasteiger partial charge in [0.05, 0.1) is 18.8 Å². The molecule has 2 aromatic carbocycles. The Labute approximate surface area is 187 Å². The molecule has 0 saturated carbocycles. The first-order valence-electron chi connectivity index (χ1n) is 9.55. The molecule has 0 saturated heterocycles. The van der Waals surface area contributed by atoms with E-state index in [2.05, 4.69) is 19.9 Å². The third-order valence-electron chi connectivity index (χ3n) is 4.80. The standard InChI is InChI=1S/C20H15F5N6O3/c21-13-1-6-16(17(22)7-13)19(33,9-30-11-26-10-27-30)8-29-12-28-31(18(29)32)14-2-4-15(5-3-14)34-20(23,24)25/h1-7,10-12,33H,8-9H2/t19-/m0/s1. The molecule has 4 aromatic rings. The lowest BCUT2D eigenvalue weighted by molar-refractivity contribution is -0.274. The van der Waals surface area contributed by atoms with E-state index in [4.69, 9.17) is 0 Å². The summed E-state index contributed by atoms with van der Waals surface area (Å²) in [5.74, 6) is -2.38. The molecule has 0 fully saturated rings. The monoisotopic (exact) mass is 482 g/mol. The van der Waals surface area contributed by atoms with Crippen LogP contribution in [0.2, 0.25) is 0 Å². The van der Waals surface area contributed by atoms with E-state index in [1.54, 1.807) is 0 Å². The maximum absolute atomic E-state index is 14.6. The molecule has 2 heterocycles. The lowest BCUT2D eigenvalue weighted by Crippen LogP contribution is -2.40. The van der Waals surface area contributed by atoms with E-state index in [0.29, 0.717) is 6.07 Å². The van der Waals surface area contributed by atoms with E-state index in [0.717, 1.165) is 39.8 Å². The van der Waals surface area contributed by atoms with Crippen molar-refractivity contribution in [1.82, 2.24) is 29.1 Å². The maximum Gasteiger partial charge on any atom is 0.573 e. The average molecular weight is 482 g/mol. The van der Waals surface area contributed by atoms with E-state index in [-0.39, 0.29) is 17.8 Å². The minimum atomic E-state index is -4.87. The second kappa shape index (κ2) is 8.70. The van der Waals surface area contributed by atoms with Crippen molar-refractivity contribution in [3.8, 4) is 11.4 Å². The molecule has 178 valence electrons. The molecule has 0 aliphatic rings. The number of hydrogen-bond acceptors (Lipinski definition) is 6. The quantitative estimate of drug-likeness (QED) is 0.406. The highest BCUT2D eigenvalue weighted by atomic mass is 19.4. The van der Waals surface area contributed by atoms with Crippen LogP contribution in [0, 0.1) is 11.6 Å². The highest BCUT2D eigenvalue weighted by Crippen LogP contribution is 2.28. The Morgan fingerprint density at radius 3 is 2.32 bits per heavy atom. The summed E-state index contributed by atoms with van der Waals surface area (Å²) in [5.41, 5.74) is -3.03. The fourth-order valence-corrected chi connectivity index (χ4v) is 3.36.